The predicted molar refractivity (Wildman–Crippen MR) is 75.3 cm³/mol. The van der Waals surface area contributed by atoms with Gasteiger partial charge in [-0.1, -0.05) is 6.07 Å². The molecule has 0 radical (unpaired) electrons. The number of furan rings is 1. The summed E-state index contributed by atoms with van der Waals surface area (Å²) in [6, 6.07) is 6.43. The molecule has 5 nitrogen and oxygen atoms in total. The predicted octanol–water partition coefficient (Wildman–Crippen LogP) is 2.71. The van der Waals surface area contributed by atoms with Gasteiger partial charge in [0.25, 0.3) is 5.91 Å². The molecule has 0 atom stereocenters. The molecule has 0 fully saturated rings. The van der Waals surface area contributed by atoms with Gasteiger partial charge in [0.05, 0.1) is 6.26 Å². The number of carbonyl (C=O) groups excluding carboxylic acids is 2. The number of carbonyl (C=O) groups is 2. The maximum Gasteiger partial charge on any atom is 0.286 e. The summed E-state index contributed by atoms with van der Waals surface area (Å²) in [5, 5.41) is 4.74. The van der Waals surface area contributed by atoms with Gasteiger partial charge in [-0.05, 0) is 30.7 Å². The van der Waals surface area contributed by atoms with Crippen LogP contribution in [0.4, 0.5) is 14.5 Å². The van der Waals surface area contributed by atoms with Crippen LogP contribution in [0, 0.1) is 11.6 Å². The lowest BCUT2D eigenvalue weighted by molar-refractivity contribution is -0.116. The van der Waals surface area contributed by atoms with E-state index in [4.69, 9.17) is 4.42 Å². The summed E-state index contributed by atoms with van der Waals surface area (Å²) in [6.07, 6.45) is 1.73. The quantitative estimate of drug-likeness (QED) is 0.806. The normalized spacial score (nSPS) is 10.3. The highest BCUT2D eigenvalue weighted by Crippen LogP contribution is 2.18. The van der Waals surface area contributed by atoms with Crippen LogP contribution < -0.4 is 10.6 Å². The molecule has 7 heteroatoms. The van der Waals surface area contributed by atoms with Crippen LogP contribution in [0.1, 0.15) is 23.4 Å². The molecule has 0 aliphatic carbocycles. The van der Waals surface area contributed by atoms with Gasteiger partial charge >= 0.3 is 0 Å². The van der Waals surface area contributed by atoms with Gasteiger partial charge in [0.2, 0.25) is 5.91 Å². The number of hydrogen-bond donors (Lipinski definition) is 2. The Kier molecular flexibility index (Phi) is 5.24. The molecule has 0 aliphatic rings. The first-order valence-corrected chi connectivity index (χ1v) is 6.63. The summed E-state index contributed by atoms with van der Waals surface area (Å²) in [5.41, 5.74) is -0.466. The second-order valence-corrected chi connectivity index (χ2v) is 4.48. The summed E-state index contributed by atoms with van der Waals surface area (Å²) in [7, 11) is 0. The second kappa shape index (κ2) is 7.35. The van der Waals surface area contributed by atoms with Crippen molar-refractivity contribution in [3.8, 4) is 0 Å². The number of nitrogens with one attached hydrogen (secondary N) is 2. The monoisotopic (exact) mass is 308 g/mol. The molecule has 0 spiro atoms. The fourth-order valence-corrected chi connectivity index (χ4v) is 1.76. The summed E-state index contributed by atoms with van der Waals surface area (Å²) in [6.45, 7) is 0.243. The zero-order chi connectivity index (χ0) is 15.9. The topological polar surface area (TPSA) is 71.3 Å². The van der Waals surface area contributed by atoms with E-state index in [-0.39, 0.29) is 24.6 Å². The van der Waals surface area contributed by atoms with E-state index in [1.807, 2.05) is 0 Å². The standard InChI is InChI=1S/C15H14F2N2O3/c16-10-4-1-5-11(17)14(10)19-13(20)7-2-8-18-15(21)12-6-3-9-22-12/h1,3-6,9H,2,7-8H2,(H,18,21)(H,19,20). The van der Waals surface area contributed by atoms with E-state index < -0.39 is 23.2 Å². The molecule has 0 aliphatic heterocycles. The third kappa shape index (κ3) is 4.15. The fourth-order valence-electron chi connectivity index (χ4n) is 1.76. The van der Waals surface area contributed by atoms with Crippen molar-refractivity contribution >= 4 is 17.5 Å². The van der Waals surface area contributed by atoms with Crippen molar-refractivity contribution < 1.29 is 22.8 Å². The Balaban J connectivity index is 1.73. The van der Waals surface area contributed by atoms with Gasteiger partial charge in [-0.25, -0.2) is 8.78 Å². The molecule has 2 aromatic rings. The highest BCUT2D eigenvalue weighted by atomic mass is 19.1. The van der Waals surface area contributed by atoms with Crippen molar-refractivity contribution in [1.29, 1.82) is 0 Å². The Morgan fingerprint density at radius 1 is 1.09 bits per heavy atom. The molecule has 0 saturated carbocycles. The molecule has 2 rings (SSSR count). The molecule has 1 aromatic heterocycles. The summed E-state index contributed by atoms with van der Waals surface area (Å²) < 4.78 is 31.6. The Morgan fingerprint density at radius 2 is 1.82 bits per heavy atom. The van der Waals surface area contributed by atoms with E-state index in [0.717, 1.165) is 12.1 Å². The van der Waals surface area contributed by atoms with Crippen LogP contribution in [0.2, 0.25) is 0 Å². The molecule has 116 valence electrons. The maximum atomic E-state index is 13.3. The van der Waals surface area contributed by atoms with Crippen LogP contribution in [0.15, 0.2) is 41.0 Å². The number of benzene rings is 1. The molecule has 0 unspecified atom stereocenters. The van der Waals surface area contributed by atoms with Gasteiger partial charge in [0, 0.05) is 13.0 Å². The molecule has 1 heterocycles. The first-order valence-electron chi connectivity index (χ1n) is 6.63. The molecule has 1 aromatic carbocycles. The molecule has 0 saturated heterocycles. The van der Waals surface area contributed by atoms with E-state index in [0.29, 0.717) is 6.42 Å². The minimum atomic E-state index is -0.834. The Labute approximate surface area is 125 Å². The Bertz CT molecular complexity index is 637. The second-order valence-electron chi connectivity index (χ2n) is 4.48. The highest BCUT2D eigenvalue weighted by molar-refractivity contribution is 5.92. The van der Waals surface area contributed by atoms with Crippen LogP contribution in [0.25, 0.3) is 0 Å². The van der Waals surface area contributed by atoms with Crippen molar-refractivity contribution in [2.75, 3.05) is 11.9 Å². The van der Waals surface area contributed by atoms with Crippen molar-refractivity contribution in [2.45, 2.75) is 12.8 Å². The van der Waals surface area contributed by atoms with Gasteiger partial charge < -0.3 is 15.1 Å². The average molecular weight is 308 g/mol. The third-order valence-corrected chi connectivity index (χ3v) is 2.84. The van der Waals surface area contributed by atoms with Crippen LogP contribution in [-0.4, -0.2) is 18.4 Å². The van der Waals surface area contributed by atoms with Gasteiger partial charge in [0.1, 0.15) is 17.3 Å². The maximum absolute atomic E-state index is 13.3. The molecule has 22 heavy (non-hydrogen) atoms. The number of anilines is 1. The largest absolute Gasteiger partial charge is 0.459 e. The Morgan fingerprint density at radius 3 is 2.45 bits per heavy atom. The van der Waals surface area contributed by atoms with Gasteiger partial charge in [0.15, 0.2) is 5.76 Å². The minimum absolute atomic E-state index is 0.0200. The van der Waals surface area contributed by atoms with Gasteiger partial charge in [-0.2, -0.15) is 0 Å². The number of halogens is 2. The molecule has 2 amide bonds. The average Bonchev–Trinajstić information content (AvgIpc) is 3.02. The van der Waals surface area contributed by atoms with E-state index in [2.05, 4.69) is 10.6 Å². The summed E-state index contributed by atoms with van der Waals surface area (Å²) in [4.78, 5) is 23.1. The van der Waals surface area contributed by atoms with Crippen LogP contribution >= 0.6 is 0 Å². The lowest BCUT2D eigenvalue weighted by atomic mass is 10.2. The lowest BCUT2D eigenvalue weighted by Crippen LogP contribution is -2.25. The Hall–Kier alpha value is -2.70. The zero-order valence-electron chi connectivity index (χ0n) is 11.6. The zero-order valence-corrected chi connectivity index (χ0v) is 11.6. The molecule has 0 bridgehead atoms. The van der Waals surface area contributed by atoms with E-state index >= 15 is 0 Å². The number of para-hydroxylation sites is 1. The van der Waals surface area contributed by atoms with E-state index in [1.54, 1.807) is 6.07 Å². The smallest absolute Gasteiger partial charge is 0.286 e. The summed E-state index contributed by atoms with van der Waals surface area (Å²) >= 11 is 0. The molecular weight excluding hydrogens is 294 g/mol. The first-order chi connectivity index (χ1) is 10.6. The van der Waals surface area contributed by atoms with Crippen molar-refractivity contribution in [3.63, 3.8) is 0 Å². The van der Waals surface area contributed by atoms with E-state index in [9.17, 15) is 18.4 Å². The summed E-state index contributed by atoms with van der Waals surface area (Å²) in [5.74, 6) is -2.40. The SMILES string of the molecule is O=C(CCCNC(=O)c1ccco1)Nc1c(F)cccc1F. The van der Waals surface area contributed by atoms with Crippen LogP contribution in [0.3, 0.4) is 0 Å². The number of hydrogen-bond acceptors (Lipinski definition) is 3. The number of rotatable bonds is 6. The highest BCUT2D eigenvalue weighted by Gasteiger charge is 2.12. The molecular formula is C15H14F2N2O3. The van der Waals surface area contributed by atoms with Gasteiger partial charge in [-0.3, -0.25) is 9.59 Å². The minimum Gasteiger partial charge on any atom is -0.459 e. The van der Waals surface area contributed by atoms with Crippen molar-refractivity contribution in [3.05, 3.63) is 54.0 Å². The van der Waals surface area contributed by atoms with Gasteiger partial charge in [-0.15, -0.1) is 0 Å². The molecule has 2 N–H and O–H groups in total. The number of amides is 2. The van der Waals surface area contributed by atoms with Crippen molar-refractivity contribution in [2.24, 2.45) is 0 Å². The van der Waals surface area contributed by atoms with Crippen molar-refractivity contribution in [1.82, 2.24) is 5.32 Å². The fraction of sp³-hybridized carbons (Fsp3) is 0.200. The van der Waals surface area contributed by atoms with Crippen LogP contribution in [-0.2, 0) is 4.79 Å². The first kappa shape index (κ1) is 15.7. The lowest BCUT2D eigenvalue weighted by Gasteiger charge is -2.07. The third-order valence-electron chi connectivity index (χ3n) is 2.84. The van der Waals surface area contributed by atoms with E-state index in [1.165, 1.54) is 18.4 Å². The van der Waals surface area contributed by atoms with Crippen LogP contribution in [0.5, 0.6) is 0 Å².